The average Bonchev–Trinajstić information content (AvgIpc) is 3.26. The monoisotopic (exact) mass is 474 g/mol. The van der Waals surface area contributed by atoms with Crippen LogP contribution in [-0.2, 0) is 6.18 Å². The Morgan fingerprint density at radius 2 is 1.76 bits per heavy atom. The third kappa shape index (κ3) is 3.71. The molecule has 0 aromatic carbocycles. The van der Waals surface area contributed by atoms with Crippen LogP contribution in [0, 0.1) is 11.8 Å². The lowest BCUT2D eigenvalue weighted by Crippen LogP contribution is -2.53. The molecule has 2 saturated heterocycles. The Balaban J connectivity index is 1.20. The summed E-state index contributed by atoms with van der Waals surface area (Å²) in [5.74, 6) is 1.27. The van der Waals surface area contributed by atoms with Gasteiger partial charge in [-0.05, 0) is 70.0 Å². The van der Waals surface area contributed by atoms with Crippen molar-refractivity contribution in [3.63, 3.8) is 0 Å². The fraction of sp³-hybridized carbons (Fsp3) is 0.680. The maximum Gasteiger partial charge on any atom is 0.419 e. The fourth-order valence-corrected chi connectivity index (χ4v) is 6.95. The minimum atomic E-state index is -4.54. The molecule has 6 nitrogen and oxygen atoms in total. The van der Waals surface area contributed by atoms with Crippen LogP contribution in [0.1, 0.15) is 62.7 Å². The van der Waals surface area contributed by atoms with Gasteiger partial charge in [0.05, 0.1) is 11.3 Å². The zero-order chi connectivity index (χ0) is 23.8. The van der Waals surface area contributed by atoms with Gasteiger partial charge in [-0.1, -0.05) is 0 Å². The van der Waals surface area contributed by atoms with Crippen molar-refractivity contribution in [2.24, 2.45) is 11.8 Å². The molecule has 0 amide bonds. The van der Waals surface area contributed by atoms with E-state index in [0.717, 1.165) is 17.8 Å². The normalized spacial score (nSPS) is 31.8. The second-order valence-electron chi connectivity index (χ2n) is 11.0. The van der Waals surface area contributed by atoms with E-state index in [1.807, 2.05) is 10.7 Å². The highest BCUT2D eigenvalue weighted by Crippen LogP contribution is 2.64. The molecule has 34 heavy (non-hydrogen) atoms. The Kier molecular flexibility index (Phi) is 5.22. The molecule has 0 spiro atoms. The van der Waals surface area contributed by atoms with Crippen LogP contribution in [0.25, 0.3) is 11.3 Å². The number of pyridine rings is 1. The molecule has 4 aliphatic rings. The number of piperazine rings is 1. The summed E-state index contributed by atoms with van der Waals surface area (Å²) in [6, 6.07) is 4.63. The number of aromatic nitrogens is 3. The van der Waals surface area contributed by atoms with Gasteiger partial charge in [0, 0.05) is 61.1 Å². The van der Waals surface area contributed by atoms with Crippen molar-refractivity contribution in [3.8, 4) is 11.3 Å². The lowest BCUT2D eigenvalue weighted by Gasteiger charge is -2.41. The number of anilines is 1. The summed E-state index contributed by atoms with van der Waals surface area (Å²) in [7, 11) is 0. The van der Waals surface area contributed by atoms with Gasteiger partial charge in [-0.3, -0.25) is 14.5 Å². The molecule has 184 valence electrons. The van der Waals surface area contributed by atoms with Crippen molar-refractivity contribution in [3.05, 3.63) is 29.6 Å². The molecular formula is C25H33F3N6. The molecule has 2 saturated carbocycles. The van der Waals surface area contributed by atoms with Gasteiger partial charge < -0.3 is 5.73 Å². The predicted octanol–water partition coefficient (Wildman–Crippen LogP) is 4.40. The van der Waals surface area contributed by atoms with Crippen molar-refractivity contribution >= 4 is 5.82 Å². The molecule has 5 atom stereocenters. The zero-order valence-electron chi connectivity index (χ0n) is 19.8. The summed E-state index contributed by atoms with van der Waals surface area (Å²) in [5.41, 5.74) is 6.65. The van der Waals surface area contributed by atoms with Crippen molar-refractivity contribution in [2.45, 2.75) is 69.8 Å². The van der Waals surface area contributed by atoms with Crippen LogP contribution in [0.2, 0.25) is 0 Å². The standard InChI is InChI=1S/C25H33F3N6/c1-14(2)34-22(11-21(31-34)15-8-20(25(26,27)28)24(29)30-12-15)23-18-9-17(10-19(18)23)33-7-6-32-5-3-4-16(32)13-33/h8,11-12,14,16-19,23H,3-7,9-10,13H2,1-2H3,(H2,29,30)/t16?,17-,18-,19+,23?. The number of fused-ring (bicyclic) bond motifs is 2. The third-order valence-corrected chi connectivity index (χ3v) is 8.67. The lowest BCUT2D eigenvalue weighted by atomic mass is 10.0. The highest BCUT2D eigenvalue weighted by atomic mass is 19.4. The number of alkyl halides is 3. The summed E-state index contributed by atoms with van der Waals surface area (Å²) >= 11 is 0. The third-order valence-electron chi connectivity index (χ3n) is 8.67. The largest absolute Gasteiger partial charge is 0.419 e. The van der Waals surface area contributed by atoms with Gasteiger partial charge in [-0.25, -0.2) is 4.98 Å². The van der Waals surface area contributed by atoms with E-state index in [-0.39, 0.29) is 6.04 Å². The second-order valence-corrected chi connectivity index (χ2v) is 11.0. The maximum atomic E-state index is 13.4. The van der Waals surface area contributed by atoms with Gasteiger partial charge >= 0.3 is 6.18 Å². The van der Waals surface area contributed by atoms with E-state index < -0.39 is 17.6 Å². The van der Waals surface area contributed by atoms with Crippen LogP contribution in [0.5, 0.6) is 0 Å². The molecule has 4 heterocycles. The van der Waals surface area contributed by atoms with Gasteiger partial charge in [0.1, 0.15) is 5.82 Å². The molecule has 2 aliphatic heterocycles. The van der Waals surface area contributed by atoms with E-state index in [4.69, 9.17) is 10.8 Å². The predicted molar refractivity (Wildman–Crippen MR) is 124 cm³/mol. The summed E-state index contributed by atoms with van der Waals surface area (Å²) in [6.45, 7) is 9.03. The summed E-state index contributed by atoms with van der Waals surface area (Å²) in [6.07, 6.45) is 1.98. The zero-order valence-corrected chi connectivity index (χ0v) is 19.8. The Morgan fingerprint density at radius 1 is 1.03 bits per heavy atom. The first kappa shape index (κ1) is 22.3. The number of nitrogen functional groups attached to an aromatic ring is 1. The number of hydrogen-bond acceptors (Lipinski definition) is 5. The van der Waals surface area contributed by atoms with Crippen molar-refractivity contribution < 1.29 is 13.2 Å². The SMILES string of the molecule is CC(C)n1nc(-c2cnc(N)c(C(F)(F)F)c2)cc1C1[C@H]2C[C@H](N3CCN4CCCC4C3)C[C@@H]12. The van der Waals surface area contributed by atoms with E-state index >= 15 is 0 Å². The Hall–Kier alpha value is -2.13. The van der Waals surface area contributed by atoms with Gasteiger partial charge in [0.2, 0.25) is 0 Å². The van der Waals surface area contributed by atoms with Gasteiger partial charge in [0.15, 0.2) is 0 Å². The first-order valence-electron chi connectivity index (χ1n) is 12.6. The minimum Gasteiger partial charge on any atom is -0.383 e. The van der Waals surface area contributed by atoms with Crippen LogP contribution in [-0.4, -0.2) is 62.8 Å². The van der Waals surface area contributed by atoms with Crippen LogP contribution < -0.4 is 5.73 Å². The molecule has 2 aromatic heterocycles. The summed E-state index contributed by atoms with van der Waals surface area (Å²) in [4.78, 5) is 9.20. The lowest BCUT2D eigenvalue weighted by molar-refractivity contribution is -0.137. The molecule has 2 aliphatic carbocycles. The summed E-state index contributed by atoms with van der Waals surface area (Å²) < 4.78 is 42.1. The second kappa shape index (κ2) is 7.95. The van der Waals surface area contributed by atoms with E-state index in [1.165, 1.54) is 58.1 Å². The number of nitrogens with zero attached hydrogens (tertiary/aromatic N) is 5. The van der Waals surface area contributed by atoms with Gasteiger partial charge in [-0.2, -0.15) is 18.3 Å². The molecule has 0 bridgehead atoms. The van der Waals surface area contributed by atoms with Crippen molar-refractivity contribution in [2.75, 3.05) is 31.9 Å². The van der Waals surface area contributed by atoms with E-state index in [9.17, 15) is 13.2 Å². The molecular weight excluding hydrogens is 441 g/mol. The fourth-order valence-electron chi connectivity index (χ4n) is 6.95. The Bertz CT molecular complexity index is 1070. The molecule has 0 radical (unpaired) electrons. The molecule has 4 fully saturated rings. The van der Waals surface area contributed by atoms with Crippen LogP contribution in [0.3, 0.4) is 0 Å². The quantitative estimate of drug-likeness (QED) is 0.712. The number of rotatable bonds is 4. The topological polar surface area (TPSA) is 63.2 Å². The van der Waals surface area contributed by atoms with E-state index in [2.05, 4.69) is 28.6 Å². The Labute approximate surface area is 198 Å². The summed E-state index contributed by atoms with van der Waals surface area (Å²) in [5, 5.41) is 4.72. The number of halogens is 3. The average molecular weight is 475 g/mol. The molecule has 2 unspecified atom stereocenters. The first-order valence-corrected chi connectivity index (χ1v) is 12.6. The molecule has 6 rings (SSSR count). The van der Waals surface area contributed by atoms with Crippen molar-refractivity contribution in [1.82, 2.24) is 24.6 Å². The van der Waals surface area contributed by atoms with Crippen LogP contribution in [0.15, 0.2) is 18.3 Å². The molecule has 2 aromatic rings. The smallest absolute Gasteiger partial charge is 0.383 e. The highest BCUT2D eigenvalue weighted by Gasteiger charge is 2.59. The Morgan fingerprint density at radius 3 is 2.47 bits per heavy atom. The van der Waals surface area contributed by atoms with Gasteiger partial charge in [0.25, 0.3) is 0 Å². The van der Waals surface area contributed by atoms with Crippen molar-refractivity contribution in [1.29, 1.82) is 0 Å². The van der Waals surface area contributed by atoms with Crippen LogP contribution in [0.4, 0.5) is 19.0 Å². The minimum absolute atomic E-state index is 0.139. The van der Waals surface area contributed by atoms with Crippen LogP contribution >= 0.6 is 0 Å². The van der Waals surface area contributed by atoms with Gasteiger partial charge in [-0.15, -0.1) is 0 Å². The van der Waals surface area contributed by atoms with E-state index in [0.29, 0.717) is 35.1 Å². The number of hydrogen-bond donors (Lipinski definition) is 1. The molecule has 2 N–H and O–H groups in total. The number of nitrogens with two attached hydrogens (primary N) is 1. The molecule has 9 heteroatoms. The highest BCUT2D eigenvalue weighted by molar-refractivity contribution is 5.63. The first-order chi connectivity index (χ1) is 16.2. The van der Waals surface area contributed by atoms with E-state index in [1.54, 1.807) is 0 Å². The maximum absolute atomic E-state index is 13.4.